The molecule has 0 saturated carbocycles. The summed E-state index contributed by atoms with van der Waals surface area (Å²) in [4.78, 5) is 0. The predicted octanol–water partition coefficient (Wildman–Crippen LogP) is 5.08. The minimum absolute atomic E-state index is 0.0649. The Morgan fingerprint density at radius 3 is 2.45 bits per heavy atom. The van der Waals surface area contributed by atoms with E-state index in [1.54, 1.807) is 12.1 Å². The first-order valence-corrected chi connectivity index (χ1v) is 7.19. The Morgan fingerprint density at radius 2 is 1.75 bits per heavy atom. The van der Waals surface area contributed by atoms with Crippen LogP contribution in [0.5, 0.6) is 11.5 Å². The molecule has 106 valence electrons. The second kappa shape index (κ2) is 6.54. The monoisotopic (exact) mass is 406 g/mol. The quantitative estimate of drug-likeness (QED) is 0.658. The lowest BCUT2D eigenvalue weighted by Crippen LogP contribution is -2.01. The molecule has 2 aromatic carbocycles. The molecule has 0 N–H and O–H groups in total. The number of benzene rings is 2. The molecule has 2 nitrogen and oxygen atoms in total. The molecule has 0 aliphatic heterocycles. The fourth-order valence-corrected chi connectivity index (χ4v) is 2.47. The largest absolute Gasteiger partial charge is 0.496 e. The summed E-state index contributed by atoms with van der Waals surface area (Å²) in [6.45, 7) is 0.0649. The van der Waals surface area contributed by atoms with E-state index >= 15 is 0 Å². The standard InChI is InChI=1S/C14H10Br2F2O2/c1-19-12-3-2-9(15)4-8(12)7-20-13-6-10(16)5-11(17)14(13)18/h2-6H,7H2,1H3. The molecule has 0 amide bonds. The molecule has 0 radical (unpaired) electrons. The minimum Gasteiger partial charge on any atom is -0.496 e. The van der Waals surface area contributed by atoms with E-state index in [0.29, 0.717) is 10.2 Å². The normalized spacial score (nSPS) is 10.4. The second-order valence-corrected chi connectivity index (χ2v) is 5.78. The first kappa shape index (κ1) is 15.3. The molecule has 0 heterocycles. The van der Waals surface area contributed by atoms with E-state index < -0.39 is 11.6 Å². The van der Waals surface area contributed by atoms with Crippen molar-refractivity contribution in [1.82, 2.24) is 0 Å². The molecule has 0 atom stereocenters. The van der Waals surface area contributed by atoms with Crippen LogP contribution in [-0.4, -0.2) is 7.11 Å². The maximum absolute atomic E-state index is 13.6. The first-order valence-electron chi connectivity index (χ1n) is 5.61. The van der Waals surface area contributed by atoms with Crippen molar-refractivity contribution in [3.8, 4) is 11.5 Å². The smallest absolute Gasteiger partial charge is 0.200 e. The molecule has 0 spiro atoms. The molecule has 0 bridgehead atoms. The molecule has 0 saturated heterocycles. The lowest BCUT2D eigenvalue weighted by atomic mass is 10.2. The van der Waals surface area contributed by atoms with E-state index in [0.717, 1.165) is 16.1 Å². The van der Waals surface area contributed by atoms with Crippen LogP contribution in [0.4, 0.5) is 8.78 Å². The van der Waals surface area contributed by atoms with Gasteiger partial charge in [-0.05, 0) is 30.3 Å². The van der Waals surface area contributed by atoms with Gasteiger partial charge in [0.15, 0.2) is 11.6 Å². The Bertz CT molecular complexity index is 633. The van der Waals surface area contributed by atoms with Gasteiger partial charge in [0.05, 0.1) is 7.11 Å². The zero-order chi connectivity index (χ0) is 14.7. The van der Waals surface area contributed by atoms with Gasteiger partial charge in [-0.2, -0.15) is 4.39 Å². The van der Waals surface area contributed by atoms with Gasteiger partial charge in [-0.3, -0.25) is 0 Å². The lowest BCUT2D eigenvalue weighted by molar-refractivity contribution is 0.277. The molecule has 0 aliphatic rings. The van der Waals surface area contributed by atoms with Gasteiger partial charge in [-0.15, -0.1) is 0 Å². The van der Waals surface area contributed by atoms with Crippen LogP contribution >= 0.6 is 31.9 Å². The average Bonchev–Trinajstić information content (AvgIpc) is 2.41. The summed E-state index contributed by atoms with van der Waals surface area (Å²) >= 11 is 6.43. The molecular formula is C14H10Br2F2O2. The maximum atomic E-state index is 13.6. The van der Waals surface area contributed by atoms with Gasteiger partial charge in [0.25, 0.3) is 0 Å². The van der Waals surface area contributed by atoms with Crippen molar-refractivity contribution in [3.05, 3.63) is 56.5 Å². The van der Waals surface area contributed by atoms with Crippen molar-refractivity contribution in [3.63, 3.8) is 0 Å². The molecule has 0 aromatic heterocycles. The minimum atomic E-state index is -1.01. The highest BCUT2D eigenvalue weighted by atomic mass is 79.9. The van der Waals surface area contributed by atoms with Crippen LogP contribution in [0.1, 0.15) is 5.56 Å². The highest BCUT2D eigenvalue weighted by Crippen LogP contribution is 2.28. The molecule has 6 heteroatoms. The summed E-state index contributed by atoms with van der Waals surface area (Å²) in [5.74, 6) is -1.51. The molecule has 0 aliphatic carbocycles. The Labute approximate surface area is 132 Å². The van der Waals surface area contributed by atoms with Crippen molar-refractivity contribution in [1.29, 1.82) is 0 Å². The van der Waals surface area contributed by atoms with Crippen molar-refractivity contribution in [2.45, 2.75) is 6.61 Å². The summed E-state index contributed by atoms with van der Waals surface area (Å²) in [5, 5.41) is 0. The predicted molar refractivity (Wildman–Crippen MR) is 79.1 cm³/mol. The maximum Gasteiger partial charge on any atom is 0.200 e. The molecule has 2 aromatic rings. The summed E-state index contributed by atoms with van der Waals surface area (Å²) in [6.07, 6.45) is 0. The van der Waals surface area contributed by atoms with Gasteiger partial charge < -0.3 is 9.47 Å². The van der Waals surface area contributed by atoms with Gasteiger partial charge in [0.1, 0.15) is 12.4 Å². The third-order valence-corrected chi connectivity index (χ3v) is 3.54. The van der Waals surface area contributed by atoms with Crippen molar-refractivity contribution < 1.29 is 18.3 Å². The molecular weight excluding hydrogens is 398 g/mol. The fourth-order valence-electron chi connectivity index (χ4n) is 1.65. The highest BCUT2D eigenvalue weighted by Gasteiger charge is 2.12. The van der Waals surface area contributed by atoms with Crippen LogP contribution in [0.25, 0.3) is 0 Å². The van der Waals surface area contributed by atoms with Gasteiger partial charge >= 0.3 is 0 Å². The Hall–Kier alpha value is -1.14. The second-order valence-electron chi connectivity index (χ2n) is 3.94. The topological polar surface area (TPSA) is 18.5 Å². The number of hydrogen-bond donors (Lipinski definition) is 0. The molecule has 0 fully saturated rings. The van der Waals surface area contributed by atoms with Gasteiger partial charge in [0.2, 0.25) is 5.82 Å². The summed E-state index contributed by atoms with van der Waals surface area (Å²) < 4.78 is 38.6. The van der Waals surface area contributed by atoms with Gasteiger partial charge in [-0.1, -0.05) is 31.9 Å². The highest BCUT2D eigenvalue weighted by molar-refractivity contribution is 9.10. The molecule has 2 rings (SSSR count). The van der Waals surface area contributed by atoms with Crippen LogP contribution < -0.4 is 9.47 Å². The number of ether oxygens (including phenoxy) is 2. The van der Waals surface area contributed by atoms with Crippen LogP contribution in [0, 0.1) is 11.6 Å². The van der Waals surface area contributed by atoms with E-state index in [4.69, 9.17) is 9.47 Å². The van der Waals surface area contributed by atoms with E-state index in [9.17, 15) is 8.78 Å². The Kier molecular flexibility index (Phi) is 4.99. The van der Waals surface area contributed by atoms with Crippen molar-refractivity contribution in [2.24, 2.45) is 0 Å². The number of methoxy groups -OCH3 is 1. The van der Waals surface area contributed by atoms with Gasteiger partial charge in [0, 0.05) is 14.5 Å². The van der Waals surface area contributed by atoms with Gasteiger partial charge in [-0.25, -0.2) is 4.39 Å². The van der Waals surface area contributed by atoms with Crippen molar-refractivity contribution >= 4 is 31.9 Å². The zero-order valence-electron chi connectivity index (χ0n) is 10.4. The fraction of sp³-hybridized carbons (Fsp3) is 0.143. The van der Waals surface area contributed by atoms with Crippen molar-refractivity contribution in [2.75, 3.05) is 7.11 Å². The number of hydrogen-bond acceptors (Lipinski definition) is 2. The van der Waals surface area contributed by atoms with Crippen LogP contribution in [0.15, 0.2) is 39.3 Å². The molecule has 0 unspecified atom stereocenters. The van der Waals surface area contributed by atoms with E-state index in [-0.39, 0.29) is 12.4 Å². The SMILES string of the molecule is COc1ccc(Br)cc1COc1cc(Br)cc(F)c1F. The Morgan fingerprint density at radius 1 is 1.00 bits per heavy atom. The average molecular weight is 408 g/mol. The third kappa shape index (κ3) is 3.49. The summed E-state index contributed by atoms with van der Waals surface area (Å²) in [7, 11) is 1.53. The lowest BCUT2D eigenvalue weighted by Gasteiger charge is -2.12. The number of halogens is 4. The summed E-state index contributed by atoms with van der Waals surface area (Å²) in [5.41, 5.74) is 0.724. The molecule has 20 heavy (non-hydrogen) atoms. The summed E-state index contributed by atoms with van der Waals surface area (Å²) in [6, 6.07) is 7.80. The van der Waals surface area contributed by atoms with E-state index in [2.05, 4.69) is 31.9 Å². The van der Waals surface area contributed by atoms with E-state index in [1.807, 2.05) is 6.07 Å². The number of rotatable bonds is 4. The zero-order valence-corrected chi connectivity index (χ0v) is 13.6. The van der Waals surface area contributed by atoms with E-state index in [1.165, 1.54) is 13.2 Å². The van der Waals surface area contributed by atoms with Crippen LogP contribution in [-0.2, 0) is 6.61 Å². The van der Waals surface area contributed by atoms with Crippen LogP contribution in [0.2, 0.25) is 0 Å². The third-order valence-electron chi connectivity index (χ3n) is 2.59. The first-order chi connectivity index (χ1) is 9.51. The van der Waals surface area contributed by atoms with Crippen LogP contribution in [0.3, 0.4) is 0 Å². The Balaban J connectivity index is 2.23.